The lowest BCUT2D eigenvalue weighted by Gasteiger charge is -1.92. The molecule has 0 fully saturated rings. The molecular weight excluding hydrogens is 168 g/mol. The van der Waals surface area contributed by atoms with Crippen molar-refractivity contribution < 1.29 is 4.42 Å². The van der Waals surface area contributed by atoms with E-state index < -0.39 is 0 Å². The van der Waals surface area contributed by atoms with Gasteiger partial charge in [0, 0.05) is 6.54 Å². The van der Waals surface area contributed by atoms with Crippen LogP contribution in [0.1, 0.15) is 0 Å². The van der Waals surface area contributed by atoms with Crippen molar-refractivity contribution >= 4 is 0 Å². The smallest absolute Gasteiger partial charge is 0.155 e. The Labute approximate surface area is 75.1 Å². The maximum absolute atomic E-state index is 5.38. The van der Waals surface area contributed by atoms with E-state index in [1.165, 1.54) is 0 Å². The molecule has 5 nitrogen and oxygen atoms in total. The van der Waals surface area contributed by atoms with Crippen molar-refractivity contribution in [2.24, 2.45) is 5.73 Å². The summed E-state index contributed by atoms with van der Waals surface area (Å²) in [6.07, 6.45) is 3.42. The van der Waals surface area contributed by atoms with Gasteiger partial charge in [-0.15, -0.1) is 5.10 Å². The van der Waals surface area contributed by atoms with Gasteiger partial charge in [0.05, 0.1) is 19.0 Å². The Kier molecular flexibility index (Phi) is 2.09. The first-order chi connectivity index (χ1) is 6.40. The fraction of sp³-hybridized carbons (Fsp3) is 0.250. The van der Waals surface area contributed by atoms with Gasteiger partial charge in [0.2, 0.25) is 0 Å². The normalized spacial score (nSPS) is 10.5. The topological polar surface area (TPSA) is 69.9 Å². The summed E-state index contributed by atoms with van der Waals surface area (Å²) in [5.41, 5.74) is 6.11. The van der Waals surface area contributed by atoms with E-state index in [0.29, 0.717) is 13.1 Å². The van der Waals surface area contributed by atoms with Crippen molar-refractivity contribution in [1.82, 2.24) is 15.0 Å². The van der Waals surface area contributed by atoms with E-state index in [4.69, 9.17) is 10.2 Å². The van der Waals surface area contributed by atoms with Crippen LogP contribution in [0.2, 0.25) is 0 Å². The maximum atomic E-state index is 5.38. The van der Waals surface area contributed by atoms with Crippen molar-refractivity contribution in [2.45, 2.75) is 6.54 Å². The molecule has 0 aromatic carbocycles. The van der Waals surface area contributed by atoms with Crippen molar-refractivity contribution in [2.75, 3.05) is 6.54 Å². The summed E-state index contributed by atoms with van der Waals surface area (Å²) in [6.45, 7) is 1.23. The highest BCUT2D eigenvalue weighted by molar-refractivity contribution is 5.49. The van der Waals surface area contributed by atoms with E-state index >= 15 is 0 Å². The summed E-state index contributed by atoms with van der Waals surface area (Å²) in [7, 11) is 0. The highest BCUT2D eigenvalue weighted by Gasteiger charge is 2.04. The molecule has 2 aromatic heterocycles. The standard InChI is InChI=1S/C8H10N4O/c9-3-4-12-6-7(10-11-12)8-2-1-5-13-8/h1-2,5-6H,3-4,9H2. The summed E-state index contributed by atoms with van der Waals surface area (Å²) in [5, 5.41) is 7.83. The summed E-state index contributed by atoms with van der Waals surface area (Å²) in [4.78, 5) is 0. The number of aromatic nitrogens is 3. The first kappa shape index (κ1) is 8.00. The third-order valence-corrected chi connectivity index (χ3v) is 1.67. The van der Waals surface area contributed by atoms with Crippen molar-refractivity contribution in [1.29, 1.82) is 0 Å². The van der Waals surface area contributed by atoms with Gasteiger partial charge >= 0.3 is 0 Å². The van der Waals surface area contributed by atoms with Gasteiger partial charge in [0.25, 0.3) is 0 Å². The third kappa shape index (κ3) is 1.59. The van der Waals surface area contributed by atoms with Gasteiger partial charge < -0.3 is 10.2 Å². The zero-order valence-electron chi connectivity index (χ0n) is 7.05. The molecule has 0 unspecified atom stereocenters. The molecule has 5 heteroatoms. The van der Waals surface area contributed by atoms with Gasteiger partial charge in [-0.3, -0.25) is 4.68 Å². The monoisotopic (exact) mass is 178 g/mol. The molecule has 68 valence electrons. The molecule has 13 heavy (non-hydrogen) atoms. The van der Waals surface area contributed by atoms with Crippen LogP contribution in [0.5, 0.6) is 0 Å². The summed E-state index contributed by atoms with van der Waals surface area (Å²) < 4.78 is 6.86. The average molecular weight is 178 g/mol. The van der Waals surface area contributed by atoms with Crippen LogP contribution in [-0.2, 0) is 6.54 Å². The first-order valence-electron chi connectivity index (χ1n) is 4.04. The Balaban J connectivity index is 2.23. The Morgan fingerprint density at radius 3 is 3.15 bits per heavy atom. The minimum atomic E-state index is 0.557. The SMILES string of the molecule is NCCn1cc(-c2ccco2)nn1. The van der Waals surface area contributed by atoms with Crippen LogP contribution in [-0.4, -0.2) is 21.5 Å². The Hall–Kier alpha value is -1.62. The molecule has 0 saturated carbocycles. The van der Waals surface area contributed by atoms with Crippen LogP contribution >= 0.6 is 0 Å². The zero-order valence-corrected chi connectivity index (χ0v) is 7.05. The van der Waals surface area contributed by atoms with Crippen LogP contribution in [0.4, 0.5) is 0 Å². The van der Waals surface area contributed by atoms with Crippen molar-refractivity contribution in [3.63, 3.8) is 0 Å². The second-order valence-corrected chi connectivity index (χ2v) is 2.63. The highest BCUT2D eigenvalue weighted by Crippen LogP contribution is 2.15. The summed E-state index contributed by atoms with van der Waals surface area (Å²) >= 11 is 0. The van der Waals surface area contributed by atoms with Gasteiger partial charge in [-0.25, -0.2) is 0 Å². The van der Waals surface area contributed by atoms with Crippen LogP contribution in [0.15, 0.2) is 29.0 Å². The number of rotatable bonds is 3. The predicted octanol–water partition coefficient (Wildman–Crippen LogP) is 0.497. The average Bonchev–Trinajstić information content (AvgIpc) is 2.70. The zero-order chi connectivity index (χ0) is 9.10. The van der Waals surface area contributed by atoms with Gasteiger partial charge in [0.15, 0.2) is 5.76 Å². The van der Waals surface area contributed by atoms with E-state index in [2.05, 4.69) is 10.3 Å². The molecule has 0 saturated heterocycles. The summed E-state index contributed by atoms with van der Waals surface area (Å²) in [5.74, 6) is 0.725. The lowest BCUT2D eigenvalue weighted by Crippen LogP contribution is -2.10. The molecule has 0 spiro atoms. The predicted molar refractivity (Wildman–Crippen MR) is 46.8 cm³/mol. The number of furan rings is 1. The third-order valence-electron chi connectivity index (χ3n) is 1.67. The Morgan fingerprint density at radius 2 is 2.46 bits per heavy atom. The van der Waals surface area contributed by atoms with Crippen LogP contribution in [0.25, 0.3) is 11.5 Å². The Morgan fingerprint density at radius 1 is 1.54 bits per heavy atom. The second kappa shape index (κ2) is 3.40. The molecule has 0 bridgehead atoms. The van der Waals surface area contributed by atoms with Crippen LogP contribution < -0.4 is 5.73 Å². The van der Waals surface area contributed by atoms with Gasteiger partial charge in [-0.2, -0.15) is 0 Å². The van der Waals surface area contributed by atoms with Crippen LogP contribution in [0.3, 0.4) is 0 Å². The molecule has 2 N–H and O–H groups in total. The minimum absolute atomic E-state index is 0.557. The van der Waals surface area contributed by atoms with E-state index in [0.717, 1.165) is 11.5 Å². The van der Waals surface area contributed by atoms with Gasteiger partial charge in [0.1, 0.15) is 5.69 Å². The fourth-order valence-electron chi connectivity index (χ4n) is 1.08. The molecule has 0 amide bonds. The fourth-order valence-corrected chi connectivity index (χ4v) is 1.08. The molecule has 0 atom stereocenters. The van der Waals surface area contributed by atoms with Gasteiger partial charge in [-0.05, 0) is 12.1 Å². The van der Waals surface area contributed by atoms with Gasteiger partial charge in [-0.1, -0.05) is 5.21 Å². The molecule has 0 radical (unpaired) electrons. The molecule has 0 aliphatic carbocycles. The van der Waals surface area contributed by atoms with Crippen LogP contribution in [0, 0.1) is 0 Å². The first-order valence-corrected chi connectivity index (χ1v) is 4.04. The molecular formula is C8H10N4O. The number of hydrogen-bond donors (Lipinski definition) is 1. The quantitative estimate of drug-likeness (QED) is 0.742. The van der Waals surface area contributed by atoms with E-state index in [1.54, 1.807) is 10.9 Å². The molecule has 0 aliphatic rings. The lowest BCUT2D eigenvalue weighted by molar-refractivity contribution is 0.579. The van der Waals surface area contributed by atoms with Crippen molar-refractivity contribution in [3.8, 4) is 11.5 Å². The summed E-state index contributed by atoms with van der Waals surface area (Å²) in [6, 6.07) is 3.66. The number of nitrogens with zero attached hydrogens (tertiary/aromatic N) is 3. The molecule has 2 aromatic rings. The largest absolute Gasteiger partial charge is 0.463 e. The molecule has 0 aliphatic heterocycles. The number of hydrogen-bond acceptors (Lipinski definition) is 4. The molecule has 2 heterocycles. The van der Waals surface area contributed by atoms with E-state index in [1.807, 2.05) is 18.3 Å². The minimum Gasteiger partial charge on any atom is -0.463 e. The van der Waals surface area contributed by atoms with E-state index in [9.17, 15) is 0 Å². The second-order valence-electron chi connectivity index (χ2n) is 2.63. The lowest BCUT2D eigenvalue weighted by atomic mass is 10.4. The number of nitrogens with two attached hydrogens (primary N) is 1. The maximum Gasteiger partial charge on any atom is 0.155 e. The van der Waals surface area contributed by atoms with Crippen molar-refractivity contribution in [3.05, 3.63) is 24.6 Å². The van der Waals surface area contributed by atoms with E-state index in [-0.39, 0.29) is 0 Å². The molecule has 2 rings (SSSR count). The highest BCUT2D eigenvalue weighted by atomic mass is 16.3. The Bertz CT molecular complexity index is 365.